The summed E-state index contributed by atoms with van der Waals surface area (Å²) in [4.78, 5) is 22.0. The summed E-state index contributed by atoms with van der Waals surface area (Å²) in [6.07, 6.45) is 0. The third-order valence-electron chi connectivity index (χ3n) is 2.82. The van der Waals surface area contributed by atoms with Gasteiger partial charge in [0.2, 0.25) is 0 Å². The van der Waals surface area contributed by atoms with Crippen molar-refractivity contribution < 1.29 is 9.72 Å². The number of benzene rings is 2. The molecule has 0 amide bonds. The highest BCUT2D eigenvalue weighted by atomic mass is 35.5. The van der Waals surface area contributed by atoms with Crippen LogP contribution in [0.4, 0.5) is 5.69 Å². The van der Waals surface area contributed by atoms with Gasteiger partial charge in [-0.15, -0.1) is 0 Å². The zero-order chi connectivity index (χ0) is 14.9. The molecule has 0 unspecified atom stereocenters. The second-order valence-electron chi connectivity index (χ2n) is 4.17. The predicted octanol–water partition coefficient (Wildman–Crippen LogP) is 4.77. The maximum Gasteiger partial charge on any atom is 0.277 e. The Hall–Kier alpha value is -1.91. The van der Waals surface area contributed by atoms with Gasteiger partial charge in [-0.05, 0) is 25.1 Å². The fourth-order valence-corrected chi connectivity index (χ4v) is 2.35. The van der Waals surface area contributed by atoms with Crippen LogP contribution >= 0.6 is 23.2 Å². The van der Waals surface area contributed by atoms with Gasteiger partial charge in [-0.3, -0.25) is 14.9 Å². The van der Waals surface area contributed by atoms with Crippen molar-refractivity contribution in [1.82, 2.24) is 0 Å². The van der Waals surface area contributed by atoms with Crippen molar-refractivity contribution in [1.29, 1.82) is 0 Å². The fraction of sp³-hybridized carbons (Fsp3) is 0.0714. The molecule has 0 saturated carbocycles. The molecule has 0 aromatic heterocycles. The topological polar surface area (TPSA) is 60.2 Å². The molecule has 0 saturated heterocycles. The Balaban J connectivity index is 2.67. The van der Waals surface area contributed by atoms with Crippen LogP contribution in [0.25, 0.3) is 11.1 Å². The first-order chi connectivity index (χ1) is 9.40. The molecule has 6 heteroatoms. The Labute approximate surface area is 125 Å². The quantitative estimate of drug-likeness (QED) is 0.466. The molecule has 2 aromatic carbocycles. The number of nitrogens with zero attached hydrogens (tertiary/aromatic N) is 1. The minimum Gasteiger partial charge on any atom is -0.295 e. The SMILES string of the molecule is CC(=O)c1ccc(-c2ccc(Cl)cc2Cl)c([N+](=O)[O-])c1. The molecular formula is C14H9Cl2NO3. The van der Waals surface area contributed by atoms with Gasteiger partial charge in [0.05, 0.1) is 15.5 Å². The standard InChI is InChI=1S/C14H9Cl2NO3/c1-8(18)9-2-4-12(14(6-9)17(19)20)11-5-3-10(15)7-13(11)16/h2-7H,1H3. The Morgan fingerprint density at radius 3 is 2.30 bits per heavy atom. The summed E-state index contributed by atoms with van der Waals surface area (Å²) < 4.78 is 0. The minimum atomic E-state index is -0.535. The highest BCUT2D eigenvalue weighted by Gasteiger charge is 2.19. The molecule has 0 aliphatic carbocycles. The van der Waals surface area contributed by atoms with E-state index in [0.717, 1.165) is 0 Å². The van der Waals surface area contributed by atoms with Crippen molar-refractivity contribution >= 4 is 34.7 Å². The molecule has 102 valence electrons. The largest absolute Gasteiger partial charge is 0.295 e. The Morgan fingerprint density at radius 1 is 1.10 bits per heavy atom. The van der Waals surface area contributed by atoms with Gasteiger partial charge in [0.15, 0.2) is 5.78 Å². The summed E-state index contributed by atoms with van der Waals surface area (Å²) in [5.74, 6) is -0.234. The van der Waals surface area contributed by atoms with Gasteiger partial charge in [0, 0.05) is 22.2 Å². The lowest BCUT2D eigenvalue weighted by Gasteiger charge is -2.07. The van der Waals surface area contributed by atoms with Crippen LogP contribution in [0, 0.1) is 10.1 Å². The molecule has 4 nitrogen and oxygen atoms in total. The second-order valence-corrected chi connectivity index (χ2v) is 5.01. The van der Waals surface area contributed by atoms with Gasteiger partial charge in [-0.1, -0.05) is 35.3 Å². The van der Waals surface area contributed by atoms with Crippen LogP contribution in [0.5, 0.6) is 0 Å². The van der Waals surface area contributed by atoms with Crippen LogP contribution in [0.2, 0.25) is 10.0 Å². The van der Waals surface area contributed by atoms with Gasteiger partial charge in [-0.25, -0.2) is 0 Å². The van der Waals surface area contributed by atoms with Crippen molar-refractivity contribution in [2.24, 2.45) is 0 Å². The van der Waals surface area contributed by atoms with Crippen LogP contribution in [0.1, 0.15) is 17.3 Å². The van der Waals surface area contributed by atoms with E-state index in [-0.39, 0.29) is 17.0 Å². The molecule has 0 atom stereocenters. The van der Waals surface area contributed by atoms with E-state index in [2.05, 4.69) is 0 Å². The van der Waals surface area contributed by atoms with E-state index in [1.54, 1.807) is 12.1 Å². The Kier molecular flexibility index (Phi) is 4.06. The molecular weight excluding hydrogens is 301 g/mol. The molecule has 2 aromatic rings. The van der Waals surface area contributed by atoms with Crippen molar-refractivity contribution in [2.45, 2.75) is 6.92 Å². The van der Waals surface area contributed by atoms with Crippen LogP contribution in [-0.2, 0) is 0 Å². The average Bonchev–Trinajstić information content (AvgIpc) is 2.38. The van der Waals surface area contributed by atoms with Crippen molar-refractivity contribution in [3.05, 3.63) is 62.1 Å². The van der Waals surface area contributed by atoms with Gasteiger partial charge in [0.25, 0.3) is 5.69 Å². The van der Waals surface area contributed by atoms with E-state index < -0.39 is 4.92 Å². The third-order valence-corrected chi connectivity index (χ3v) is 3.37. The number of carbonyl (C=O) groups excluding carboxylic acids is 1. The summed E-state index contributed by atoms with van der Waals surface area (Å²) in [5, 5.41) is 11.9. The molecule has 0 radical (unpaired) electrons. The normalized spacial score (nSPS) is 10.3. The van der Waals surface area contributed by atoms with Crippen molar-refractivity contribution in [3.63, 3.8) is 0 Å². The van der Waals surface area contributed by atoms with E-state index in [4.69, 9.17) is 23.2 Å². The van der Waals surface area contributed by atoms with E-state index >= 15 is 0 Å². The van der Waals surface area contributed by atoms with Crippen LogP contribution in [0.15, 0.2) is 36.4 Å². The Bertz CT molecular complexity index is 714. The Morgan fingerprint density at radius 2 is 1.75 bits per heavy atom. The predicted molar refractivity (Wildman–Crippen MR) is 78.6 cm³/mol. The highest BCUT2D eigenvalue weighted by molar-refractivity contribution is 6.36. The number of nitro groups is 1. The molecule has 0 N–H and O–H groups in total. The summed E-state index contributed by atoms with van der Waals surface area (Å²) in [6, 6.07) is 9.04. The van der Waals surface area contributed by atoms with Crippen LogP contribution in [-0.4, -0.2) is 10.7 Å². The third kappa shape index (κ3) is 2.81. The maximum atomic E-state index is 11.3. The minimum absolute atomic E-state index is 0.165. The number of ketones is 1. The lowest BCUT2D eigenvalue weighted by Crippen LogP contribution is -1.97. The van der Waals surface area contributed by atoms with Crippen LogP contribution < -0.4 is 0 Å². The summed E-state index contributed by atoms with van der Waals surface area (Å²) >= 11 is 11.9. The first kappa shape index (κ1) is 14.5. The second kappa shape index (κ2) is 5.61. The van der Waals surface area contributed by atoms with Gasteiger partial charge >= 0.3 is 0 Å². The summed E-state index contributed by atoms with van der Waals surface area (Å²) in [7, 11) is 0. The lowest BCUT2D eigenvalue weighted by molar-refractivity contribution is -0.384. The van der Waals surface area contributed by atoms with Crippen molar-refractivity contribution in [3.8, 4) is 11.1 Å². The molecule has 20 heavy (non-hydrogen) atoms. The number of rotatable bonds is 3. The van der Waals surface area contributed by atoms with Gasteiger partial charge in [0.1, 0.15) is 0 Å². The zero-order valence-electron chi connectivity index (χ0n) is 10.4. The van der Waals surface area contributed by atoms with E-state index in [1.165, 1.54) is 31.2 Å². The maximum absolute atomic E-state index is 11.3. The number of Topliss-reactive ketones (excluding diaryl/α,β-unsaturated/α-hetero) is 1. The van der Waals surface area contributed by atoms with Crippen LogP contribution in [0.3, 0.4) is 0 Å². The monoisotopic (exact) mass is 309 g/mol. The molecule has 2 rings (SSSR count). The molecule has 0 bridgehead atoms. The zero-order valence-corrected chi connectivity index (χ0v) is 11.9. The van der Waals surface area contributed by atoms with Gasteiger partial charge in [-0.2, -0.15) is 0 Å². The summed E-state index contributed by atoms with van der Waals surface area (Å²) in [6.45, 7) is 1.36. The van der Waals surface area contributed by atoms with E-state index in [9.17, 15) is 14.9 Å². The van der Waals surface area contributed by atoms with E-state index in [1.807, 2.05) is 0 Å². The fourth-order valence-electron chi connectivity index (χ4n) is 1.84. The molecule has 0 fully saturated rings. The molecule has 0 heterocycles. The number of carbonyl (C=O) groups is 1. The van der Waals surface area contributed by atoms with Crippen molar-refractivity contribution in [2.75, 3.05) is 0 Å². The number of nitro benzene ring substituents is 1. The average molecular weight is 310 g/mol. The lowest BCUT2D eigenvalue weighted by atomic mass is 10.0. The number of halogens is 2. The summed E-state index contributed by atoms with van der Waals surface area (Å²) in [5.41, 5.74) is 0.965. The highest BCUT2D eigenvalue weighted by Crippen LogP contribution is 2.36. The smallest absolute Gasteiger partial charge is 0.277 e. The number of hydrogen-bond acceptors (Lipinski definition) is 3. The molecule has 0 aliphatic heterocycles. The first-order valence-electron chi connectivity index (χ1n) is 5.65. The van der Waals surface area contributed by atoms with Gasteiger partial charge < -0.3 is 0 Å². The number of hydrogen-bond donors (Lipinski definition) is 0. The van der Waals surface area contributed by atoms with E-state index in [0.29, 0.717) is 21.2 Å². The first-order valence-corrected chi connectivity index (χ1v) is 6.40. The molecule has 0 aliphatic rings. The molecule has 0 spiro atoms.